The zero-order chi connectivity index (χ0) is 19.8. The topological polar surface area (TPSA) is 77.8 Å². The van der Waals surface area contributed by atoms with E-state index >= 15 is 0 Å². The lowest BCUT2D eigenvalue weighted by molar-refractivity contribution is -0.138. The van der Waals surface area contributed by atoms with E-state index in [9.17, 15) is 14.7 Å². The Morgan fingerprint density at radius 3 is 2.48 bits per heavy atom. The first-order valence-corrected chi connectivity index (χ1v) is 8.98. The van der Waals surface area contributed by atoms with Gasteiger partial charge in [0.15, 0.2) is 5.79 Å². The number of rotatable bonds is 6. The van der Waals surface area contributed by atoms with Crippen molar-refractivity contribution < 1.29 is 24.2 Å². The van der Waals surface area contributed by atoms with Gasteiger partial charge in [-0.1, -0.05) is 29.8 Å². The first kappa shape index (κ1) is 19.3. The fourth-order valence-corrected chi connectivity index (χ4v) is 3.44. The Balaban J connectivity index is 1.93. The predicted molar refractivity (Wildman–Crippen MR) is 100.0 cm³/mol. The zero-order valence-electron chi connectivity index (χ0n) is 16.1. The van der Waals surface area contributed by atoms with Gasteiger partial charge in [0.05, 0.1) is 24.8 Å². The van der Waals surface area contributed by atoms with Crippen molar-refractivity contribution in [1.29, 1.82) is 0 Å². The molecule has 144 valence electrons. The van der Waals surface area contributed by atoms with E-state index in [0.29, 0.717) is 30.0 Å². The molecule has 1 N–H and O–H groups in total. The molecule has 0 amide bonds. The smallest absolute Gasteiger partial charge is 0.309 e. The third-order valence-corrected chi connectivity index (χ3v) is 4.83. The van der Waals surface area contributed by atoms with E-state index in [0.717, 1.165) is 11.1 Å². The van der Waals surface area contributed by atoms with Crippen molar-refractivity contribution >= 4 is 11.8 Å². The monoisotopic (exact) mass is 371 g/mol. The van der Waals surface area contributed by atoms with Crippen molar-refractivity contribution in [3.8, 4) is 0 Å². The van der Waals surface area contributed by atoms with Crippen LogP contribution in [0.15, 0.2) is 30.3 Å². The third-order valence-electron chi connectivity index (χ3n) is 4.83. The largest absolute Gasteiger partial charge is 0.481 e. The molecule has 6 nitrogen and oxygen atoms in total. The van der Waals surface area contributed by atoms with Crippen LogP contribution in [-0.4, -0.2) is 39.9 Å². The fraction of sp³-hybridized carbons (Fsp3) is 0.429. The first-order valence-electron chi connectivity index (χ1n) is 8.98. The lowest BCUT2D eigenvalue weighted by atomic mass is 10.0. The highest BCUT2D eigenvalue weighted by Crippen LogP contribution is 2.27. The number of carboxylic acids is 1. The summed E-state index contributed by atoms with van der Waals surface area (Å²) >= 11 is 0. The molecule has 1 aliphatic heterocycles. The number of carboxylic acid groups (broad SMARTS) is 1. The Morgan fingerprint density at radius 2 is 1.93 bits per heavy atom. The number of hydrogen-bond acceptors (Lipinski definition) is 4. The maximum Gasteiger partial charge on any atom is 0.309 e. The summed E-state index contributed by atoms with van der Waals surface area (Å²) in [4.78, 5) is 24.3. The van der Waals surface area contributed by atoms with Gasteiger partial charge in [0.1, 0.15) is 0 Å². The molecule has 2 heterocycles. The number of aliphatic carboxylic acids is 1. The molecule has 0 saturated carbocycles. The Hall–Kier alpha value is -2.44. The number of hydrogen-bond donors (Lipinski definition) is 1. The molecule has 0 spiro atoms. The highest BCUT2D eigenvalue weighted by molar-refractivity contribution is 6.08. The average Bonchev–Trinajstić information content (AvgIpc) is 3.08. The molecule has 0 bridgehead atoms. The molecular formula is C21H25NO5. The van der Waals surface area contributed by atoms with Crippen LogP contribution in [0.25, 0.3) is 0 Å². The molecule has 0 aliphatic carbocycles. The quantitative estimate of drug-likeness (QED) is 0.790. The van der Waals surface area contributed by atoms with Crippen LogP contribution in [0.1, 0.15) is 46.7 Å². The summed E-state index contributed by atoms with van der Waals surface area (Å²) in [5.41, 5.74) is 3.55. The van der Waals surface area contributed by atoms with Crippen LogP contribution in [0.5, 0.6) is 0 Å². The lowest BCUT2D eigenvalue weighted by Crippen LogP contribution is -2.22. The maximum absolute atomic E-state index is 12.9. The van der Waals surface area contributed by atoms with Crippen LogP contribution in [0, 0.1) is 6.92 Å². The molecule has 1 aliphatic rings. The molecule has 1 unspecified atom stereocenters. The van der Waals surface area contributed by atoms with Gasteiger partial charge in [-0.2, -0.15) is 0 Å². The van der Waals surface area contributed by atoms with Crippen LogP contribution in [0.3, 0.4) is 0 Å². The van der Waals surface area contributed by atoms with E-state index in [1.807, 2.05) is 32.9 Å². The second-order valence-electron chi connectivity index (χ2n) is 7.48. The van der Waals surface area contributed by atoms with Gasteiger partial charge in [0.25, 0.3) is 0 Å². The van der Waals surface area contributed by atoms with E-state index in [-0.39, 0.29) is 18.3 Å². The third kappa shape index (κ3) is 4.28. The average molecular weight is 371 g/mol. The highest BCUT2D eigenvalue weighted by atomic mass is 16.7. The van der Waals surface area contributed by atoms with Crippen LogP contribution in [0.2, 0.25) is 0 Å². The lowest BCUT2D eigenvalue weighted by Gasteiger charge is -2.17. The van der Waals surface area contributed by atoms with Gasteiger partial charge >= 0.3 is 5.97 Å². The van der Waals surface area contributed by atoms with Crippen molar-refractivity contribution in [3.05, 3.63) is 58.4 Å². The first-order chi connectivity index (χ1) is 12.7. The molecule has 27 heavy (non-hydrogen) atoms. The van der Waals surface area contributed by atoms with Crippen LogP contribution >= 0.6 is 0 Å². The van der Waals surface area contributed by atoms with Crippen molar-refractivity contribution in [3.63, 3.8) is 0 Å². The number of ether oxygens (including phenoxy) is 2. The molecule has 2 aromatic rings. The molecule has 1 aromatic heterocycles. The van der Waals surface area contributed by atoms with Crippen LogP contribution in [0.4, 0.5) is 0 Å². The number of aryl methyl sites for hydroxylation is 1. The minimum Gasteiger partial charge on any atom is -0.481 e. The minimum absolute atomic E-state index is 0.126. The zero-order valence-corrected chi connectivity index (χ0v) is 16.1. The van der Waals surface area contributed by atoms with Gasteiger partial charge in [-0.25, -0.2) is 0 Å². The summed E-state index contributed by atoms with van der Waals surface area (Å²) in [5, 5.41) is 9.30. The molecule has 1 atom stereocenters. The molecule has 6 heteroatoms. The van der Waals surface area contributed by atoms with Crippen LogP contribution < -0.4 is 0 Å². The highest BCUT2D eigenvalue weighted by Gasteiger charge is 2.34. The number of nitrogens with zero attached hydrogens (tertiary/aromatic N) is 1. The summed E-state index contributed by atoms with van der Waals surface area (Å²) in [7, 11) is 1.74. The SMILES string of the molecule is Cc1ccc(C(=O)c2cc(CC3COC(C)(C)O3)c(CC(=O)O)n2C)cc1. The van der Waals surface area contributed by atoms with Crippen molar-refractivity contribution in [2.24, 2.45) is 7.05 Å². The Kier molecular flexibility index (Phi) is 5.22. The minimum atomic E-state index is -0.935. The van der Waals surface area contributed by atoms with Gasteiger partial charge in [-0.05, 0) is 32.4 Å². The van der Waals surface area contributed by atoms with Crippen molar-refractivity contribution in [1.82, 2.24) is 4.57 Å². The second kappa shape index (κ2) is 7.29. The number of carbonyl (C=O) groups excluding carboxylic acids is 1. The summed E-state index contributed by atoms with van der Waals surface area (Å²) in [6, 6.07) is 9.15. The number of ketones is 1. The van der Waals surface area contributed by atoms with Gasteiger partial charge in [-0.15, -0.1) is 0 Å². The normalized spacial score (nSPS) is 18.6. The van der Waals surface area contributed by atoms with Crippen molar-refractivity contribution in [2.75, 3.05) is 6.61 Å². The van der Waals surface area contributed by atoms with E-state index in [4.69, 9.17) is 9.47 Å². The van der Waals surface area contributed by atoms with E-state index in [1.165, 1.54) is 0 Å². The Labute approximate surface area is 158 Å². The van der Waals surface area contributed by atoms with Gasteiger partial charge in [-0.3, -0.25) is 9.59 Å². The molecule has 0 radical (unpaired) electrons. The molecule has 3 rings (SSSR count). The summed E-state index contributed by atoms with van der Waals surface area (Å²) in [6.45, 7) is 6.10. The molecule has 1 fully saturated rings. The van der Waals surface area contributed by atoms with Crippen molar-refractivity contribution in [2.45, 2.75) is 45.5 Å². The van der Waals surface area contributed by atoms with E-state index in [1.54, 1.807) is 29.8 Å². The van der Waals surface area contributed by atoms with E-state index < -0.39 is 11.8 Å². The van der Waals surface area contributed by atoms with Gasteiger partial charge < -0.3 is 19.1 Å². The molecular weight excluding hydrogens is 346 g/mol. The fourth-order valence-electron chi connectivity index (χ4n) is 3.44. The predicted octanol–water partition coefficient (Wildman–Crippen LogP) is 2.89. The van der Waals surface area contributed by atoms with E-state index in [2.05, 4.69) is 0 Å². The van der Waals surface area contributed by atoms with Crippen LogP contribution in [-0.2, 0) is 34.2 Å². The molecule has 1 aromatic carbocycles. The number of benzene rings is 1. The van der Waals surface area contributed by atoms with Gasteiger partial charge in [0.2, 0.25) is 5.78 Å². The summed E-state index contributed by atoms with van der Waals surface area (Å²) in [6.07, 6.45) is 0.183. The number of aromatic nitrogens is 1. The second-order valence-corrected chi connectivity index (χ2v) is 7.48. The summed E-state index contributed by atoms with van der Waals surface area (Å²) in [5.74, 6) is -1.71. The number of carbonyl (C=O) groups is 2. The Morgan fingerprint density at radius 1 is 1.26 bits per heavy atom. The Bertz CT molecular complexity index is 863. The molecule has 1 saturated heterocycles. The maximum atomic E-state index is 12.9. The summed E-state index contributed by atoms with van der Waals surface area (Å²) < 4.78 is 13.1. The standard InChI is InChI=1S/C21H25NO5/c1-13-5-7-14(8-6-13)20(25)18-10-15(17(22(18)4)11-19(23)24)9-16-12-26-21(2,3)27-16/h5-8,10,16H,9,11-12H2,1-4H3,(H,23,24). The van der Waals surface area contributed by atoms with Gasteiger partial charge in [0, 0.05) is 24.7 Å².